The number of nitrogens with zero attached hydrogens (tertiary/aromatic N) is 2. The van der Waals surface area contributed by atoms with Crippen LogP contribution in [0.5, 0.6) is 0 Å². The summed E-state index contributed by atoms with van der Waals surface area (Å²) in [7, 11) is 0. The van der Waals surface area contributed by atoms with E-state index < -0.39 is 0 Å². The Labute approximate surface area is 188 Å². The van der Waals surface area contributed by atoms with Crippen molar-refractivity contribution in [1.82, 2.24) is 20.4 Å². The van der Waals surface area contributed by atoms with Gasteiger partial charge in [0.1, 0.15) is 5.60 Å². The first-order chi connectivity index (χ1) is 14.0. The van der Waals surface area contributed by atoms with Crippen molar-refractivity contribution < 1.29 is 9.53 Å². The highest BCUT2D eigenvalue weighted by Gasteiger charge is 2.44. The molecule has 2 fully saturated rings. The van der Waals surface area contributed by atoms with Crippen LogP contribution in [0, 0.1) is 19.3 Å². The Morgan fingerprint density at radius 3 is 2.70 bits per heavy atom. The summed E-state index contributed by atoms with van der Waals surface area (Å²) in [4.78, 5) is 15.1. The van der Waals surface area contributed by atoms with E-state index in [-0.39, 0.29) is 29.3 Å². The van der Waals surface area contributed by atoms with Crippen LogP contribution < -0.4 is 10.6 Å². The standard InChI is InChI=1S/C22H30N4O2S.ClH/c1-15-11-16(2)26(25-15)14-21(4-5-21)13-24-20(27)18-12-17-3-10-28-22(19(17)29-18)6-8-23-9-7-22;/h11-12,23H,3-10,13-14H2,1-2H3,(H,24,27);1H. The summed E-state index contributed by atoms with van der Waals surface area (Å²) >= 11 is 1.65. The molecule has 6 nitrogen and oxygen atoms in total. The van der Waals surface area contributed by atoms with Crippen LogP contribution in [0.25, 0.3) is 0 Å². The maximum Gasteiger partial charge on any atom is 0.261 e. The van der Waals surface area contributed by atoms with E-state index in [0.29, 0.717) is 0 Å². The molecule has 0 atom stereocenters. The van der Waals surface area contributed by atoms with Crippen LogP contribution in [0.15, 0.2) is 12.1 Å². The Balaban J connectivity index is 0.00000218. The summed E-state index contributed by atoms with van der Waals surface area (Å²) in [6.07, 6.45) is 5.20. The number of halogens is 1. The molecule has 1 saturated carbocycles. The molecule has 1 spiro atoms. The molecule has 2 aromatic rings. The molecule has 2 aromatic heterocycles. The van der Waals surface area contributed by atoms with E-state index in [4.69, 9.17) is 4.74 Å². The Bertz CT molecular complexity index is 928. The van der Waals surface area contributed by atoms with Crippen molar-refractivity contribution in [3.63, 3.8) is 0 Å². The second kappa shape index (κ2) is 8.26. The molecule has 1 aliphatic carbocycles. The number of hydrogen-bond acceptors (Lipinski definition) is 5. The number of amides is 1. The monoisotopic (exact) mass is 450 g/mol. The van der Waals surface area contributed by atoms with Gasteiger partial charge >= 0.3 is 0 Å². The number of carbonyl (C=O) groups excluding carboxylic acids is 1. The summed E-state index contributed by atoms with van der Waals surface area (Å²) in [6.45, 7) is 8.46. The van der Waals surface area contributed by atoms with E-state index >= 15 is 0 Å². The number of nitrogens with one attached hydrogen (secondary N) is 2. The second-order valence-electron chi connectivity index (χ2n) is 9.08. The topological polar surface area (TPSA) is 68.2 Å². The molecule has 164 valence electrons. The van der Waals surface area contributed by atoms with Gasteiger partial charge in [-0.1, -0.05) is 0 Å². The number of carbonyl (C=O) groups is 1. The fourth-order valence-electron chi connectivity index (χ4n) is 4.81. The molecule has 30 heavy (non-hydrogen) atoms. The largest absolute Gasteiger partial charge is 0.369 e. The van der Waals surface area contributed by atoms with Crippen LogP contribution in [-0.4, -0.2) is 41.9 Å². The summed E-state index contributed by atoms with van der Waals surface area (Å²) in [6, 6.07) is 4.23. The van der Waals surface area contributed by atoms with Crippen molar-refractivity contribution in [3.05, 3.63) is 38.8 Å². The zero-order valence-corrected chi connectivity index (χ0v) is 19.4. The summed E-state index contributed by atoms with van der Waals surface area (Å²) in [5.74, 6) is 0.0631. The normalized spacial score (nSPS) is 21.0. The Kier molecular flexibility index (Phi) is 6.01. The first-order valence-corrected chi connectivity index (χ1v) is 11.6. The molecular formula is C22H31ClN4O2S. The maximum absolute atomic E-state index is 13.0. The van der Waals surface area contributed by atoms with Gasteiger partial charge in [0.2, 0.25) is 0 Å². The summed E-state index contributed by atoms with van der Waals surface area (Å²) < 4.78 is 8.35. The lowest BCUT2D eigenvalue weighted by molar-refractivity contribution is -0.0771. The molecule has 1 saturated heterocycles. The Hall–Kier alpha value is -1.41. The van der Waals surface area contributed by atoms with Crippen molar-refractivity contribution in [3.8, 4) is 0 Å². The van der Waals surface area contributed by atoms with Gasteiger partial charge in [-0.25, -0.2) is 0 Å². The van der Waals surface area contributed by atoms with Crippen LogP contribution in [0.4, 0.5) is 0 Å². The average molecular weight is 451 g/mol. The fraction of sp³-hybridized carbons (Fsp3) is 0.636. The van der Waals surface area contributed by atoms with Crippen molar-refractivity contribution in [2.75, 3.05) is 26.2 Å². The molecule has 2 N–H and O–H groups in total. The number of ether oxygens (including phenoxy) is 1. The first-order valence-electron chi connectivity index (χ1n) is 10.8. The van der Waals surface area contributed by atoms with Gasteiger partial charge in [0, 0.05) is 29.1 Å². The van der Waals surface area contributed by atoms with Crippen molar-refractivity contribution in [1.29, 1.82) is 0 Å². The highest BCUT2D eigenvalue weighted by molar-refractivity contribution is 7.14. The third kappa shape index (κ3) is 4.05. The van der Waals surface area contributed by atoms with Crippen LogP contribution in [-0.2, 0) is 23.3 Å². The van der Waals surface area contributed by atoms with E-state index in [1.807, 2.05) is 6.92 Å². The maximum atomic E-state index is 13.0. The predicted octanol–water partition coefficient (Wildman–Crippen LogP) is 3.34. The van der Waals surface area contributed by atoms with Crippen LogP contribution in [0.3, 0.4) is 0 Å². The number of aromatic nitrogens is 2. The molecule has 2 aliphatic heterocycles. The van der Waals surface area contributed by atoms with E-state index in [0.717, 1.165) is 75.5 Å². The number of piperidine rings is 1. The van der Waals surface area contributed by atoms with E-state index in [1.54, 1.807) is 11.3 Å². The van der Waals surface area contributed by atoms with Gasteiger partial charge in [0.15, 0.2) is 0 Å². The summed E-state index contributed by atoms with van der Waals surface area (Å²) in [5, 5.41) is 11.3. The van der Waals surface area contributed by atoms with Crippen LogP contribution >= 0.6 is 23.7 Å². The molecule has 0 unspecified atom stereocenters. The molecule has 8 heteroatoms. The molecule has 4 heterocycles. The lowest BCUT2D eigenvalue weighted by atomic mass is 9.86. The van der Waals surface area contributed by atoms with E-state index in [1.165, 1.54) is 16.1 Å². The number of hydrogen-bond donors (Lipinski definition) is 2. The highest BCUT2D eigenvalue weighted by atomic mass is 35.5. The zero-order valence-electron chi connectivity index (χ0n) is 17.8. The quantitative estimate of drug-likeness (QED) is 0.733. The number of aryl methyl sites for hydroxylation is 2. The fourth-order valence-corrected chi connectivity index (χ4v) is 6.14. The lowest BCUT2D eigenvalue weighted by Crippen LogP contribution is -2.43. The van der Waals surface area contributed by atoms with E-state index in [2.05, 4.69) is 39.5 Å². The molecule has 0 aromatic carbocycles. The number of rotatable bonds is 5. The minimum Gasteiger partial charge on any atom is -0.369 e. The highest BCUT2D eigenvalue weighted by Crippen LogP contribution is 2.47. The van der Waals surface area contributed by atoms with Gasteiger partial charge in [-0.2, -0.15) is 5.10 Å². The molecule has 0 radical (unpaired) electrons. The average Bonchev–Trinajstić information content (AvgIpc) is 3.19. The van der Waals surface area contributed by atoms with E-state index in [9.17, 15) is 4.79 Å². The molecule has 0 bridgehead atoms. The van der Waals surface area contributed by atoms with Crippen molar-refractivity contribution in [2.45, 2.75) is 58.1 Å². The van der Waals surface area contributed by atoms with Gasteiger partial charge in [0.25, 0.3) is 5.91 Å². The van der Waals surface area contributed by atoms with Gasteiger partial charge in [-0.3, -0.25) is 9.48 Å². The summed E-state index contributed by atoms with van der Waals surface area (Å²) in [5.41, 5.74) is 3.56. The minimum absolute atomic E-state index is 0. The van der Waals surface area contributed by atoms with Gasteiger partial charge in [-0.05, 0) is 76.7 Å². The lowest BCUT2D eigenvalue weighted by Gasteiger charge is -2.40. The molecule has 1 amide bonds. The SMILES string of the molecule is Cc1cc(C)n(CC2(CNC(=O)c3cc4c(s3)C3(CCNCC3)OCC4)CC2)n1.Cl. The predicted molar refractivity (Wildman–Crippen MR) is 121 cm³/mol. The van der Waals surface area contributed by atoms with Crippen LogP contribution in [0.1, 0.15) is 57.2 Å². The molecular weight excluding hydrogens is 420 g/mol. The van der Waals surface area contributed by atoms with Gasteiger partial charge < -0.3 is 15.4 Å². The number of thiophene rings is 1. The zero-order chi connectivity index (χ0) is 20.1. The van der Waals surface area contributed by atoms with Gasteiger partial charge in [0.05, 0.1) is 17.2 Å². The number of fused-ring (bicyclic) bond motifs is 2. The van der Waals surface area contributed by atoms with Crippen molar-refractivity contribution in [2.24, 2.45) is 5.41 Å². The third-order valence-electron chi connectivity index (χ3n) is 6.78. The second-order valence-corrected chi connectivity index (χ2v) is 10.1. The van der Waals surface area contributed by atoms with Crippen LogP contribution in [0.2, 0.25) is 0 Å². The van der Waals surface area contributed by atoms with Gasteiger partial charge in [-0.15, -0.1) is 23.7 Å². The molecule has 5 rings (SSSR count). The smallest absolute Gasteiger partial charge is 0.261 e. The third-order valence-corrected chi connectivity index (χ3v) is 8.14. The Morgan fingerprint density at radius 2 is 2.03 bits per heavy atom. The van der Waals surface area contributed by atoms with Crippen molar-refractivity contribution >= 4 is 29.7 Å². The molecule has 3 aliphatic rings. The first kappa shape index (κ1) is 21.8. The Morgan fingerprint density at radius 1 is 1.27 bits per heavy atom. The minimum atomic E-state index is -0.171.